The van der Waals surface area contributed by atoms with Crippen molar-refractivity contribution in [3.05, 3.63) is 21.9 Å². The van der Waals surface area contributed by atoms with Crippen molar-refractivity contribution in [3.63, 3.8) is 0 Å². The lowest BCUT2D eigenvalue weighted by Crippen LogP contribution is -2.51. The van der Waals surface area contributed by atoms with Gasteiger partial charge in [0.2, 0.25) is 5.91 Å². The van der Waals surface area contributed by atoms with E-state index in [-0.39, 0.29) is 18.0 Å². The van der Waals surface area contributed by atoms with Gasteiger partial charge in [-0.05, 0) is 31.9 Å². The van der Waals surface area contributed by atoms with Crippen molar-refractivity contribution in [1.82, 2.24) is 10.2 Å². The van der Waals surface area contributed by atoms with E-state index in [1.54, 1.807) is 11.3 Å². The topological polar surface area (TPSA) is 61.8 Å². The average molecular weight is 324 g/mol. The minimum atomic E-state index is -0.480. The maximum atomic E-state index is 12.2. The number of nitrogens with zero attached hydrogens (tertiary/aromatic N) is 1. The lowest BCUT2D eigenvalue weighted by Gasteiger charge is -2.34. The van der Waals surface area contributed by atoms with Crippen LogP contribution in [0.25, 0.3) is 0 Å². The van der Waals surface area contributed by atoms with Crippen LogP contribution in [0.3, 0.4) is 0 Å². The zero-order valence-corrected chi connectivity index (χ0v) is 13.8. The summed E-state index contributed by atoms with van der Waals surface area (Å²) in [6.45, 7) is 5.25. The molecule has 2 fully saturated rings. The molecule has 2 N–H and O–H groups in total. The fourth-order valence-corrected chi connectivity index (χ4v) is 4.31. The summed E-state index contributed by atoms with van der Waals surface area (Å²) >= 11 is 1.65. The number of nitrogens with one attached hydrogen (secondary N) is 1. The molecule has 1 aromatic rings. The molecule has 6 heteroatoms. The van der Waals surface area contributed by atoms with Crippen molar-refractivity contribution in [1.29, 1.82) is 0 Å². The molecule has 0 spiro atoms. The molecular weight excluding hydrogens is 300 g/mol. The molecular formula is C16H24N2O3S. The molecule has 0 radical (unpaired) electrons. The monoisotopic (exact) mass is 324 g/mol. The molecule has 1 aliphatic carbocycles. The lowest BCUT2D eigenvalue weighted by molar-refractivity contribution is -0.122. The Labute approximate surface area is 135 Å². The Morgan fingerprint density at radius 3 is 2.86 bits per heavy atom. The second kappa shape index (κ2) is 7.08. The molecule has 3 rings (SSSR count). The van der Waals surface area contributed by atoms with Crippen molar-refractivity contribution < 1.29 is 14.6 Å². The number of amides is 1. The van der Waals surface area contributed by atoms with Gasteiger partial charge in [0, 0.05) is 28.9 Å². The normalized spacial score (nSPS) is 29.6. The Balaban J connectivity index is 1.51. The predicted octanol–water partition coefficient (Wildman–Crippen LogP) is 0.939. The third kappa shape index (κ3) is 3.68. The van der Waals surface area contributed by atoms with Crippen LogP contribution in [0.2, 0.25) is 0 Å². The quantitative estimate of drug-likeness (QED) is 0.865. The minimum Gasteiger partial charge on any atom is -0.389 e. The number of rotatable bonds is 4. The number of aliphatic hydroxyl groups is 1. The van der Waals surface area contributed by atoms with Crippen LogP contribution in [-0.2, 0) is 16.0 Å². The van der Waals surface area contributed by atoms with Crippen LogP contribution >= 0.6 is 11.3 Å². The number of carbonyl (C=O) groups excluding carboxylic acids is 1. The molecule has 1 saturated heterocycles. The standard InChI is InChI=1S/C16H24N2O3S/c1-11-2-3-12(22-11)10-15(19)17-13-4-5-14(16(13)20)18-6-8-21-9-7-18/h2-3,13-14,16,20H,4-10H2,1H3,(H,17,19)/t13-,14-,16-/m1/s1. The van der Waals surface area contributed by atoms with Crippen molar-refractivity contribution in [2.75, 3.05) is 26.3 Å². The molecule has 5 nitrogen and oxygen atoms in total. The van der Waals surface area contributed by atoms with Gasteiger partial charge in [0.1, 0.15) is 0 Å². The summed E-state index contributed by atoms with van der Waals surface area (Å²) < 4.78 is 5.36. The highest BCUT2D eigenvalue weighted by atomic mass is 32.1. The number of hydrogen-bond donors (Lipinski definition) is 2. The van der Waals surface area contributed by atoms with Crippen molar-refractivity contribution >= 4 is 17.2 Å². The second-order valence-corrected chi connectivity index (χ2v) is 7.52. The molecule has 1 aliphatic heterocycles. The Morgan fingerprint density at radius 1 is 1.41 bits per heavy atom. The third-order valence-electron chi connectivity index (χ3n) is 4.57. The van der Waals surface area contributed by atoms with E-state index in [1.165, 1.54) is 4.88 Å². The molecule has 1 aromatic heterocycles. The van der Waals surface area contributed by atoms with Gasteiger partial charge in [-0.15, -0.1) is 11.3 Å². The zero-order valence-electron chi connectivity index (χ0n) is 13.0. The third-order valence-corrected chi connectivity index (χ3v) is 5.57. The molecule has 2 aliphatic rings. The summed E-state index contributed by atoms with van der Waals surface area (Å²) in [6.07, 6.45) is 1.71. The van der Waals surface area contributed by atoms with E-state index in [9.17, 15) is 9.90 Å². The number of thiophene rings is 1. The molecule has 22 heavy (non-hydrogen) atoms. The smallest absolute Gasteiger partial charge is 0.225 e. The van der Waals surface area contributed by atoms with Crippen LogP contribution in [0.15, 0.2) is 12.1 Å². The van der Waals surface area contributed by atoms with E-state index in [1.807, 2.05) is 19.1 Å². The summed E-state index contributed by atoms with van der Waals surface area (Å²) in [5, 5.41) is 13.5. The summed E-state index contributed by atoms with van der Waals surface area (Å²) in [6, 6.07) is 4.06. The van der Waals surface area contributed by atoms with Crippen LogP contribution in [-0.4, -0.2) is 60.4 Å². The molecule has 0 aromatic carbocycles. The van der Waals surface area contributed by atoms with Crippen LogP contribution < -0.4 is 5.32 Å². The van der Waals surface area contributed by atoms with Gasteiger partial charge in [0.15, 0.2) is 0 Å². The van der Waals surface area contributed by atoms with E-state index in [4.69, 9.17) is 4.74 Å². The van der Waals surface area contributed by atoms with Gasteiger partial charge in [-0.2, -0.15) is 0 Å². The summed E-state index contributed by atoms with van der Waals surface area (Å²) in [7, 11) is 0. The van der Waals surface area contributed by atoms with Gasteiger partial charge in [-0.25, -0.2) is 0 Å². The first-order valence-corrected chi connectivity index (χ1v) is 8.79. The highest BCUT2D eigenvalue weighted by molar-refractivity contribution is 7.12. The predicted molar refractivity (Wildman–Crippen MR) is 86.1 cm³/mol. The Kier molecular flexibility index (Phi) is 5.13. The Morgan fingerprint density at radius 2 is 2.18 bits per heavy atom. The van der Waals surface area contributed by atoms with Crippen molar-refractivity contribution in [3.8, 4) is 0 Å². The molecule has 1 amide bonds. The van der Waals surface area contributed by atoms with Gasteiger partial charge < -0.3 is 15.2 Å². The van der Waals surface area contributed by atoms with Crippen molar-refractivity contribution in [2.45, 2.75) is 44.4 Å². The van der Waals surface area contributed by atoms with E-state index in [0.717, 1.165) is 44.0 Å². The number of hydrogen-bond acceptors (Lipinski definition) is 5. The van der Waals surface area contributed by atoms with E-state index >= 15 is 0 Å². The van der Waals surface area contributed by atoms with Crippen LogP contribution in [0.4, 0.5) is 0 Å². The van der Waals surface area contributed by atoms with E-state index < -0.39 is 6.10 Å². The van der Waals surface area contributed by atoms with Gasteiger partial charge in [-0.1, -0.05) is 0 Å². The van der Waals surface area contributed by atoms with Gasteiger partial charge in [0.25, 0.3) is 0 Å². The van der Waals surface area contributed by atoms with Crippen LogP contribution in [0.5, 0.6) is 0 Å². The number of ether oxygens (including phenoxy) is 1. The Hall–Kier alpha value is -0.950. The number of morpholine rings is 1. The molecule has 3 atom stereocenters. The number of carbonyl (C=O) groups is 1. The first kappa shape index (κ1) is 15.9. The molecule has 2 heterocycles. The highest BCUT2D eigenvalue weighted by Gasteiger charge is 2.39. The first-order chi connectivity index (χ1) is 10.6. The summed E-state index contributed by atoms with van der Waals surface area (Å²) in [5.41, 5.74) is 0. The number of aryl methyl sites for hydroxylation is 1. The molecule has 0 bridgehead atoms. The molecule has 0 unspecified atom stereocenters. The minimum absolute atomic E-state index is 0.00790. The van der Waals surface area contributed by atoms with Crippen LogP contribution in [0.1, 0.15) is 22.6 Å². The number of aliphatic hydroxyl groups excluding tert-OH is 1. The van der Waals surface area contributed by atoms with Gasteiger partial charge in [-0.3, -0.25) is 9.69 Å². The second-order valence-electron chi connectivity index (χ2n) is 6.15. The Bertz CT molecular complexity index is 513. The molecule has 122 valence electrons. The van der Waals surface area contributed by atoms with Crippen LogP contribution in [0, 0.1) is 6.92 Å². The van der Waals surface area contributed by atoms with E-state index in [0.29, 0.717) is 6.42 Å². The SMILES string of the molecule is Cc1ccc(CC(=O)N[C@@H]2CC[C@@H](N3CCOCC3)[C@@H]2O)s1. The van der Waals surface area contributed by atoms with Crippen molar-refractivity contribution in [2.24, 2.45) is 0 Å². The highest BCUT2D eigenvalue weighted by Crippen LogP contribution is 2.26. The lowest BCUT2D eigenvalue weighted by atomic mass is 10.1. The molecule has 1 saturated carbocycles. The first-order valence-electron chi connectivity index (χ1n) is 7.98. The average Bonchev–Trinajstić information content (AvgIpc) is 3.07. The van der Waals surface area contributed by atoms with E-state index in [2.05, 4.69) is 10.2 Å². The fourth-order valence-electron chi connectivity index (χ4n) is 3.42. The maximum Gasteiger partial charge on any atom is 0.225 e. The van der Waals surface area contributed by atoms with Gasteiger partial charge in [0.05, 0.1) is 31.8 Å². The summed E-state index contributed by atoms with van der Waals surface area (Å²) in [4.78, 5) is 16.7. The van der Waals surface area contributed by atoms with Gasteiger partial charge >= 0.3 is 0 Å². The largest absolute Gasteiger partial charge is 0.389 e. The zero-order chi connectivity index (χ0) is 15.5. The summed E-state index contributed by atoms with van der Waals surface area (Å²) in [5.74, 6) is 0.00790. The fraction of sp³-hybridized carbons (Fsp3) is 0.688. The maximum absolute atomic E-state index is 12.2.